The van der Waals surface area contributed by atoms with Crippen LogP contribution in [0.25, 0.3) is 0 Å². The summed E-state index contributed by atoms with van der Waals surface area (Å²) in [6, 6.07) is 12.5. The Kier molecular flexibility index (Phi) is 4.93. The standard InChI is InChI=1S/C15H18BrN3/c1-17-10-13-9-14(7-8-18-13)19(2)11-12-5-3-4-6-15(12)16/h3-9,17H,10-11H2,1-2H3. The molecular formula is C15H18BrN3. The van der Waals surface area contributed by atoms with Crippen LogP contribution in [0.15, 0.2) is 47.1 Å². The Hall–Kier alpha value is -1.39. The molecule has 1 heterocycles. The summed E-state index contributed by atoms with van der Waals surface area (Å²) in [6.45, 7) is 1.65. The Balaban J connectivity index is 2.13. The zero-order valence-corrected chi connectivity index (χ0v) is 12.8. The van der Waals surface area contributed by atoms with Gasteiger partial charge in [-0.3, -0.25) is 4.98 Å². The van der Waals surface area contributed by atoms with Crippen molar-refractivity contribution in [1.82, 2.24) is 10.3 Å². The molecule has 0 saturated carbocycles. The molecule has 0 aliphatic rings. The molecule has 0 saturated heterocycles. The fourth-order valence-electron chi connectivity index (χ4n) is 1.95. The summed E-state index contributed by atoms with van der Waals surface area (Å²) >= 11 is 3.59. The van der Waals surface area contributed by atoms with Crippen LogP contribution in [0.4, 0.5) is 5.69 Å². The van der Waals surface area contributed by atoms with Crippen molar-refractivity contribution in [3.8, 4) is 0 Å². The van der Waals surface area contributed by atoms with Gasteiger partial charge in [0.2, 0.25) is 0 Å². The Morgan fingerprint density at radius 1 is 1.26 bits per heavy atom. The molecular weight excluding hydrogens is 302 g/mol. The molecule has 0 amide bonds. The van der Waals surface area contributed by atoms with E-state index in [1.165, 1.54) is 11.3 Å². The molecule has 0 unspecified atom stereocenters. The third-order valence-electron chi connectivity index (χ3n) is 2.96. The van der Waals surface area contributed by atoms with Gasteiger partial charge in [-0.25, -0.2) is 0 Å². The smallest absolute Gasteiger partial charge is 0.0562 e. The van der Waals surface area contributed by atoms with E-state index in [0.717, 1.165) is 23.3 Å². The molecule has 1 aromatic carbocycles. The number of nitrogens with one attached hydrogen (secondary N) is 1. The number of pyridine rings is 1. The zero-order valence-electron chi connectivity index (χ0n) is 11.2. The van der Waals surface area contributed by atoms with Gasteiger partial charge < -0.3 is 10.2 Å². The summed E-state index contributed by atoms with van der Waals surface area (Å²) in [5, 5.41) is 3.12. The second kappa shape index (κ2) is 6.68. The molecule has 0 fully saturated rings. The molecule has 0 radical (unpaired) electrons. The van der Waals surface area contributed by atoms with E-state index in [1.54, 1.807) is 0 Å². The van der Waals surface area contributed by atoms with Crippen molar-refractivity contribution in [2.75, 3.05) is 19.0 Å². The van der Waals surface area contributed by atoms with E-state index >= 15 is 0 Å². The van der Waals surface area contributed by atoms with Crippen LogP contribution in [0.1, 0.15) is 11.3 Å². The van der Waals surface area contributed by atoms with E-state index in [0.29, 0.717) is 0 Å². The number of hydrogen-bond acceptors (Lipinski definition) is 3. The highest BCUT2D eigenvalue weighted by Crippen LogP contribution is 2.21. The SMILES string of the molecule is CNCc1cc(N(C)Cc2ccccc2Br)ccn1. The summed E-state index contributed by atoms with van der Waals surface area (Å²) in [7, 11) is 4.02. The monoisotopic (exact) mass is 319 g/mol. The van der Waals surface area contributed by atoms with Crippen molar-refractivity contribution in [2.45, 2.75) is 13.1 Å². The predicted molar refractivity (Wildman–Crippen MR) is 83.2 cm³/mol. The van der Waals surface area contributed by atoms with Crippen LogP contribution in [0.3, 0.4) is 0 Å². The van der Waals surface area contributed by atoms with Crippen LogP contribution in [0, 0.1) is 0 Å². The molecule has 0 aliphatic heterocycles. The van der Waals surface area contributed by atoms with Gasteiger partial charge in [-0.15, -0.1) is 0 Å². The largest absolute Gasteiger partial charge is 0.370 e. The Morgan fingerprint density at radius 2 is 2.05 bits per heavy atom. The van der Waals surface area contributed by atoms with E-state index in [9.17, 15) is 0 Å². The number of anilines is 1. The van der Waals surface area contributed by atoms with Crippen molar-refractivity contribution in [3.63, 3.8) is 0 Å². The maximum absolute atomic E-state index is 4.34. The quantitative estimate of drug-likeness (QED) is 0.917. The Bertz CT molecular complexity index is 542. The molecule has 0 spiro atoms. The van der Waals surface area contributed by atoms with E-state index in [-0.39, 0.29) is 0 Å². The predicted octanol–water partition coefficient (Wildman–Crippen LogP) is 3.20. The van der Waals surface area contributed by atoms with Crippen molar-refractivity contribution in [1.29, 1.82) is 0 Å². The van der Waals surface area contributed by atoms with Crippen LogP contribution >= 0.6 is 15.9 Å². The Morgan fingerprint density at radius 3 is 2.79 bits per heavy atom. The third kappa shape index (κ3) is 3.78. The van der Waals surface area contributed by atoms with Crippen molar-refractivity contribution >= 4 is 21.6 Å². The van der Waals surface area contributed by atoms with Gasteiger partial charge in [0.25, 0.3) is 0 Å². The molecule has 4 heteroatoms. The first kappa shape index (κ1) is 14.0. The maximum Gasteiger partial charge on any atom is 0.0562 e. The van der Waals surface area contributed by atoms with Gasteiger partial charge in [0.1, 0.15) is 0 Å². The first-order chi connectivity index (χ1) is 9.20. The summed E-state index contributed by atoms with van der Waals surface area (Å²) in [5.41, 5.74) is 3.51. The minimum Gasteiger partial charge on any atom is -0.370 e. The lowest BCUT2D eigenvalue weighted by molar-refractivity contribution is 0.788. The molecule has 1 N–H and O–H groups in total. The summed E-state index contributed by atoms with van der Waals surface area (Å²) in [4.78, 5) is 6.56. The van der Waals surface area contributed by atoms with E-state index in [1.807, 2.05) is 25.4 Å². The fraction of sp³-hybridized carbons (Fsp3) is 0.267. The molecule has 100 valence electrons. The van der Waals surface area contributed by atoms with Gasteiger partial charge in [0.05, 0.1) is 5.69 Å². The highest BCUT2D eigenvalue weighted by molar-refractivity contribution is 9.10. The topological polar surface area (TPSA) is 28.2 Å². The van der Waals surface area contributed by atoms with Crippen molar-refractivity contribution < 1.29 is 0 Å². The molecule has 2 aromatic rings. The first-order valence-electron chi connectivity index (χ1n) is 6.25. The molecule has 0 aliphatic carbocycles. The molecule has 1 aromatic heterocycles. The molecule has 2 rings (SSSR count). The van der Waals surface area contributed by atoms with Gasteiger partial charge >= 0.3 is 0 Å². The van der Waals surface area contributed by atoms with Crippen LogP contribution in [0.2, 0.25) is 0 Å². The minimum atomic E-state index is 0.788. The number of nitrogens with zero attached hydrogens (tertiary/aromatic N) is 2. The maximum atomic E-state index is 4.34. The van der Waals surface area contributed by atoms with Crippen LogP contribution in [-0.2, 0) is 13.1 Å². The van der Waals surface area contributed by atoms with Crippen LogP contribution in [0.5, 0.6) is 0 Å². The van der Waals surface area contributed by atoms with Crippen molar-refractivity contribution in [3.05, 3.63) is 58.3 Å². The third-order valence-corrected chi connectivity index (χ3v) is 3.74. The normalized spacial score (nSPS) is 10.5. The van der Waals surface area contributed by atoms with Gasteiger partial charge in [-0.1, -0.05) is 34.1 Å². The highest BCUT2D eigenvalue weighted by atomic mass is 79.9. The highest BCUT2D eigenvalue weighted by Gasteiger charge is 2.05. The van der Waals surface area contributed by atoms with Gasteiger partial charge in [0, 0.05) is 36.5 Å². The minimum absolute atomic E-state index is 0.788. The van der Waals surface area contributed by atoms with E-state index in [4.69, 9.17) is 0 Å². The number of rotatable bonds is 5. The average Bonchev–Trinajstić information content (AvgIpc) is 2.42. The summed E-state index contributed by atoms with van der Waals surface area (Å²) in [5.74, 6) is 0. The second-order valence-electron chi connectivity index (χ2n) is 4.48. The zero-order chi connectivity index (χ0) is 13.7. The van der Waals surface area contributed by atoms with Gasteiger partial charge in [-0.2, -0.15) is 0 Å². The lowest BCUT2D eigenvalue weighted by atomic mass is 10.2. The van der Waals surface area contributed by atoms with Crippen LogP contribution in [-0.4, -0.2) is 19.1 Å². The Labute approximate surface area is 122 Å². The van der Waals surface area contributed by atoms with Gasteiger partial charge in [0.15, 0.2) is 0 Å². The lowest BCUT2D eigenvalue weighted by Crippen LogP contribution is -2.17. The van der Waals surface area contributed by atoms with Crippen LogP contribution < -0.4 is 10.2 Å². The number of benzene rings is 1. The molecule has 0 bridgehead atoms. The summed E-state index contributed by atoms with van der Waals surface area (Å²) < 4.78 is 1.14. The van der Waals surface area contributed by atoms with E-state index < -0.39 is 0 Å². The molecule has 3 nitrogen and oxygen atoms in total. The first-order valence-corrected chi connectivity index (χ1v) is 7.04. The number of hydrogen-bond donors (Lipinski definition) is 1. The van der Waals surface area contributed by atoms with Crippen molar-refractivity contribution in [2.24, 2.45) is 0 Å². The number of halogens is 1. The fourth-order valence-corrected chi connectivity index (χ4v) is 2.36. The van der Waals surface area contributed by atoms with Gasteiger partial charge in [-0.05, 0) is 30.8 Å². The number of aromatic nitrogens is 1. The average molecular weight is 320 g/mol. The summed E-state index contributed by atoms with van der Waals surface area (Å²) in [6.07, 6.45) is 1.86. The molecule has 0 atom stereocenters. The second-order valence-corrected chi connectivity index (χ2v) is 5.34. The molecule has 19 heavy (non-hydrogen) atoms. The van der Waals surface area contributed by atoms with E-state index in [2.05, 4.69) is 62.4 Å². The lowest BCUT2D eigenvalue weighted by Gasteiger charge is -2.20.